The Bertz CT molecular complexity index is 232. The van der Waals surface area contributed by atoms with Crippen LogP contribution in [0.5, 0.6) is 0 Å². The lowest BCUT2D eigenvalue weighted by atomic mass is 10.2. The number of nitrogens with zero attached hydrogens (tertiary/aromatic N) is 3. The van der Waals surface area contributed by atoms with E-state index in [-0.39, 0.29) is 0 Å². The number of hydrogen-bond acceptors (Lipinski definition) is 2. The van der Waals surface area contributed by atoms with Gasteiger partial charge in [-0.2, -0.15) is 0 Å². The predicted octanol–water partition coefficient (Wildman–Crippen LogP) is 1.51. The van der Waals surface area contributed by atoms with Gasteiger partial charge in [0.1, 0.15) is 5.69 Å². The number of hydrogen-bond donors (Lipinski definition) is 0. The first-order chi connectivity index (χ1) is 5.29. The Morgan fingerprint density at radius 3 is 2.82 bits per heavy atom. The lowest BCUT2D eigenvalue weighted by Crippen LogP contribution is -1.99. The van der Waals surface area contributed by atoms with E-state index in [0.717, 1.165) is 24.2 Å². The molecule has 0 bridgehead atoms. The van der Waals surface area contributed by atoms with Crippen molar-refractivity contribution in [1.82, 2.24) is 15.0 Å². The van der Waals surface area contributed by atoms with Gasteiger partial charge in [-0.1, -0.05) is 18.6 Å². The Kier molecular flexibility index (Phi) is 2.88. The van der Waals surface area contributed by atoms with Gasteiger partial charge in [-0.25, -0.2) is 0 Å². The highest BCUT2D eigenvalue weighted by atomic mass is 35.5. The summed E-state index contributed by atoms with van der Waals surface area (Å²) < 4.78 is 1.79. The van der Waals surface area contributed by atoms with Gasteiger partial charge in [0.15, 0.2) is 0 Å². The second-order valence-corrected chi connectivity index (χ2v) is 2.76. The number of aryl methyl sites for hydroxylation is 1. The van der Waals surface area contributed by atoms with E-state index < -0.39 is 0 Å². The van der Waals surface area contributed by atoms with Crippen LogP contribution in [0, 0.1) is 0 Å². The van der Waals surface area contributed by atoms with Crippen LogP contribution in [0.1, 0.15) is 24.7 Å². The molecule has 0 aliphatic rings. The minimum Gasteiger partial charge on any atom is -0.252 e. The van der Waals surface area contributed by atoms with Crippen LogP contribution in [0.15, 0.2) is 0 Å². The van der Waals surface area contributed by atoms with Gasteiger partial charge in [-0.3, -0.25) is 4.68 Å². The fraction of sp³-hybridized carbons (Fsp3) is 0.714. The van der Waals surface area contributed by atoms with Crippen LogP contribution >= 0.6 is 11.6 Å². The first-order valence-electron chi connectivity index (χ1n) is 3.73. The standard InChI is InChI=1S/C7H12ClN3/c1-3-4-7-6(5-8)9-10-11(7)2/h3-5H2,1-2H3. The molecular weight excluding hydrogens is 162 g/mol. The molecule has 1 aromatic heterocycles. The van der Waals surface area contributed by atoms with Crippen molar-refractivity contribution in [2.45, 2.75) is 25.6 Å². The van der Waals surface area contributed by atoms with Gasteiger partial charge in [0, 0.05) is 7.05 Å². The van der Waals surface area contributed by atoms with E-state index >= 15 is 0 Å². The summed E-state index contributed by atoms with van der Waals surface area (Å²) in [5, 5.41) is 7.82. The molecule has 1 heterocycles. The van der Waals surface area contributed by atoms with E-state index in [4.69, 9.17) is 11.6 Å². The fourth-order valence-electron chi connectivity index (χ4n) is 1.07. The third-order valence-electron chi connectivity index (χ3n) is 1.64. The van der Waals surface area contributed by atoms with Gasteiger partial charge in [0.25, 0.3) is 0 Å². The molecule has 62 valence electrons. The molecule has 4 heteroatoms. The summed E-state index contributed by atoms with van der Waals surface area (Å²) in [6.45, 7) is 2.13. The van der Waals surface area contributed by atoms with Crippen LogP contribution < -0.4 is 0 Å². The summed E-state index contributed by atoms with van der Waals surface area (Å²) in [4.78, 5) is 0. The zero-order valence-corrected chi connectivity index (χ0v) is 7.60. The van der Waals surface area contributed by atoms with Crippen molar-refractivity contribution in [3.63, 3.8) is 0 Å². The minimum atomic E-state index is 0.461. The molecule has 0 amide bonds. The third kappa shape index (κ3) is 1.71. The van der Waals surface area contributed by atoms with Crippen molar-refractivity contribution >= 4 is 11.6 Å². The fourth-order valence-corrected chi connectivity index (χ4v) is 1.27. The minimum absolute atomic E-state index is 0.461. The normalized spacial score (nSPS) is 10.5. The maximum Gasteiger partial charge on any atom is 0.101 e. The Labute approximate surface area is 71.4 Å². The summed E-state index contributed by atoms with van der Waals surface area (Å²) >= 11 is 5.67. The van der Waals surface area contributed by atoms with Crippen molar-refractivity contribution in [3.8, 4) is 0 Å². The third-order valence-corrected chi connectivity index (χ3v) is 1.89. The predicted molar refractivity (Wildman–Crippen MR) is 44.6 cm³/mol. The van der Waals surface area contributed by atoms with Gasteiger partial charge < -0.3 is 0 Å². The van der Waals surface area contributed by atoms with Crippen LogP contribution in [0.25, 0.3) is 0 Å². The molecule has 0 spiro atoms. The largest absolute Gasteiger partial charge is 0.252 e. The number of rotatable bonds is 3. The van der Waals surface area contributed by atoms with E-state index in [1.165, 1.54) is 0 Å². The second kappa shape index (κ2) is 3.72. The van der Waals surface area contributed by atoms with Gasteiger partial charge in [-0.15, -0.1) is 16.7 Å². The molecule has 1 aromatic rings. The van der Waals surface area contributed by atoms with Crippen molar-refractivity contribution in [3.05, 3.63) is 11.4 Å². The van der Waals surface area contributed by atoms with E-state index in [1.807, 2.05) is 7.05 Å². The molecule has 0 atom stereocenters. The maximum atomic E-state index is 5.67. The molecule has 0 aromatic carbocycles. The van der Waals surface area contributed by atoms with Crippen molar-refractivity contribution in [2.24, 2.45) is 7.05 Å². The molecule has 0 aliphatic heterocycles. The van der Waals surface area contributed by atoms with Crippen molar-refractivity contribution in [2.75, 3.05) is 0 Å². The molecule has 0 saturated carbocycles. The molecule has 0 radical (unpaired) electrons. The van der Waals surface area contributed by atoms with Gasteiger partial charge >= 0.3 is 0 Å². The van der Waals surface area contributed by atoms with E-state index in [2.05, 4.69) is 17.2 Å². The molecule has 0 aliphatic carbocycles. The molecular formula is C7H12ClN3. The first-order valence-corrected chi connectivity index (χ1v) is 4.26. The zero-order valence-electron chi connectivity index (χ0n) is 6.84. The van der Waals surface area contributed by atoms with E-state index in [0.29, 0.717) is 5.88 Å². The van der Waals surface area contributed by atoms with Gasteiger partial charge in [0.05, 0.1) is 11.6 Å². The van der Waals surface area contributed by atoms with Crippen LogP contribution in [0.3, 0.4) is 0 Å². The molecule has 0 saturated heterocycles. The highest BCUT2D eigenvalue weighted by Gasteiger charge is 2.06. The number of aromatic nitrogens is 3. The Morgan fingerprint density at radius 1 is 1.55 bits per heavy atom. The lowest BCUT2D eigenvalue weighted by molar-refractivity contribution is 0.669. The van der Waals surface area contributed by atoms with Crippen LogP contribution in [0.4, 0.5) is 0 Å². The molecule has 11 heavy (non-hydrogen) atoms. The van der Waals surface area contributed by atoms with Crippen molar-refractivity contribution in [1.29, 1.82) is 0 Å². The summed E-state index contributed by atoms with van der Waals surface area (Å²) in [7, 11) is 1.90. The van der Waals surface area contributed by atoms with E-state index in [1.54, 1.807) is 4.68 Å². The summed E-state index contributed by atoms with van der Waals surface area (Å²) in [5.41, 5.74) is 2.07. The van der Waals surface area contributed by atoms with Gasteiger partial charge in [-0.05, 0) is 6.42 Å². The highest BCUT2D eigenvalue weighted by Crippen LogP contribution is 2.08. The second-order valence-electron chi connectivity index (χ2n) is 2.49. The Balaban J connectivity index is 2.88. The van der Waals surface area contributed by atoms with Crippen LogP contribution in [0.2, 0.25) is 0 Å². The Hall–Kier alpha value is -0.570. The molecule has 0 fully saturated rings. The zero-order chi connectivity index (χ0) is 8.27. The van der Waals surface area contributed by atoms with Crippen LogP contribution in [-0.2, 0) is 19.3 Å². The van der Waals surface area contributed by atoms with Crippen molar-refractivity contribution < 1.29 is 0 Å². The summed E-state index contributed by atoms with van der Waals surface area (Å²) in [5.74, 6) is 0.461. The lowest BCUT2D eigenvalue weighted by Gasteiger charge is -1.98. The molecule has 0 unspecified atom stereocenters. The highest BCUT2D eigenvalue weighted by molar-refractivity contribution is 6.16. The summed E-state index contributed by atoms with van der Waals surface area (Å²) in [6.07, 6.45) is 2.11. The summed E-state index contributed by atoms with van der Waals surface area (Å²) in [6, 6.07) is 0. The monoisotopic (exact) mass is 173 g/mol. The average Bonchev–Trinajstić information content (AvgIpc) is 2.34. The maximum absolute atomic E-state index is 5.67. The van der Waals surface area contributed by atoms with E-state index in [9.17, 15) is 0 Å². The Morgan fingerprint density at radius 2 is 2.27 bits per heavy atom. The average molecular weight is 174 g/mol. The number of halogens is 1. The number of alkyl halides is 1. The smallest absolute Gasteiger partial charge is 0.101 e. The molecule has 0 N–H and O–H groups in total. The molecule has 3 nitrogen and oxygen atoms in total. The molecule has 1 rings (SSSR count). The first kappa shape index (κ1) is 8.53. The van der Waals surface area contributed by atoms with Gasteiger partial charge in [0.2, 0.25) is 0 Å². The quantitative estimate of drug-likeness (QED) is 0.649. The SMILES string of the molecule is CCCc1c(CCl)nnn1C. The topological polar surface area (TPSA) is 30.7 Å². The van der Waals surface area contributed by atoms with Crippen LogP contribution in [-0.4, -0.2) is 15.0 Å².